The molecule has 0 aliphatic rings. The summed E-state index contributed by atoms with van der Waals surface area (Å²) >= 11 is 0. The smallest absolute Gasteiger partial charge is 0.129 e. The van der Waals surface area contributed by atoms with Crippen molar-refractivity contribution in [3.05, 3.63) is 78.6 Å². The van der Waals surface area contributed by atoms with Gasteiger partial charge in [-0.2, -0.15) is 0 Å². The van der Waals surface area contributed by atoms with Gasteiger partial charge in [0.05, 0.1) is 11.0 Å². The number of ether oxygens (including phenoxy) is 1. The molecule has 0 N–H and O–H groups in total. The van der Waals surface area contributed by atoms with Gasteiger partial charge in [-0.15, -0.1) is 0 Å². The summed E-state index contributed by atoms with van der Waals surface area (Å²) in [6.45, 7) is 0. The van der Waals surface area contributed by atoms with Gasteiger partial charge in [-0.05, 0) is 48.5 Å². The minimum Gasteiger partial charge on any atom is -0.457 e. The second-order valence-electron chi connectivity index (χ2n) is 5.09. The van der Waals surface area contributed by atoms with Crippen molar-refractivity contribution in [2.45, 2.75) is 0 Å². The van der Waals surface area contributed by atoms with Gasteiger partial charge in [-0.3, -0.25) is 0 Å². The fourth-order valence-electron chi connectivity index (χ4n) is 2.45. The highest BCUT2D eigenvalue weighted by Crippen LogP contribution is 2.27. The van der Waals surface area contributed by atoms with Crippen LogP contribution in [-0.2, 0) is 0 Å². The molecule has 3 aromatic carbocycles. The van der Waals surface area contributed by atoms with E-state index >= 15 is 0 Å². The third-order valence-corrected chi connectivity index (χ3v) is 3.54. The summed E-state index contributed by atoms with van der Waals surface area (Å²) in [5, 5.41) is 2.17. The molecule has 0 radical (unpaired) electrons. The number of hydrogen-bond donors (Lipinski definition) is 0. The van der Waals surface area contributed by atoms with E-state index in [2.05, 4.69) is 11.1 Å². The molecule has 22 heavy (non-hydrogen) atoms. The molecule has 3 heteroatoms. The number of aromatic nitrogens is 1. The summed E-state index contributed by atoms with van der Waals surface area (Å²) in [5.41, 5.74) is 1.83. The van der Waals surface area contributed by atoms with Crippen molar-refractivity contribution in [3.8, 4) is 11.5 Å². The van der Waals surface area contributed by atoms with Crippen molar-refractivity contribution in [2.24, 2.45) is 0 Å². The molecule has 106 valence electrons. The van der Waals surface area contributed by atoms with Gasteiger partial charge in [0.25, 0.3) is 0 Å². The normalized spacial score (nSPS) is 11.0. The molecule has 0 fully saturated rings. The molecule has 4 rings (SSSR count). The molecule has 0 aliphatic carbocycles. The Hall–Kier alpha value is -2.94. The van der Waals surface area contributed by atoms with Crippen LogP contribution in [0.4, 0.5) is 4.39 Å². The van der Waals surface area contributed by atoms with Crippen molar-refractivity contribution in [2.75, 3.05) is 0 Å². The summed E-state index contributed by atoms with van der Waals surface area (Å²) < 4.78 is 18.7. The van der Waals surface area contributed by atoms with Crippen LogP contribution in [0.1, 0.15) is 0 Å². The lowest BCUT2D eigenvalue weighted by molar-refractivity contribution is 0.481. The van der Waals surface area contributed by atoms with Crippen LogP contribution in [0.15, 0.2) is 72.8 Å². The van der Waals surface area contributed by atoms with E-state index in [-0.39, 0.29) is 5.82 Å². The van der Waals surface area contributed by atoms with Gasteiger partial charge in [0.15, 0.2) is 0 Å². The van der Waals surface area contributed by atoms with E-state index in [0.717, 1.165) is 21.8 Å². The third-order valence-electron chi connectivity index (χ3n) is 3.54. The lowest BCUT2D eigenvalue weighted by Crippen LogP contribution is -1.87. The minimum atomic E-state index is -0.279. The second kappa shape index (κ2) is 5.11. The summed E-state index contributed by atoms with van der Waals surface area (Å²) in [6.07, 6.45) is 0. The lowest BCUT2D eigenvalue weighted by Gasteiger charge is -2.07. The molecule has 0 atom stereocenters. The largest absolute Gasteiger partial charge is 0.457 e. The van der Waals surface area contributed by atoms with Crippen LogP contribution in [0.2, 0.25) is 0 Å². The van der Waals surface area contributed by atoms with E-state index in [9.17, 15) is 4.39 Å². The van der Waals surface area contributed by atoms with Crippen LogP contribution >= 0.6 is 0 Å². The Kier molecular flexibility index (Phi) is 2.97. The summed E-state index contributed by atoms with van der Waals surface area (Å²) in [4.78, 5) is 4.65. The Bertz CT molecular complexity index is 964. The number of rotatable bonds is 2. The van der Waals surface area contributed by atoms with Crippen molar-refractivity contribution >= 4 is 21.8 Å². The monoisotopic (exact) mass is 289 g/mol. The van der Waals surface area contributed by atoms with E-state index in [4.69, 9.17) is 4.74 Å². The van der Waals surface area contributed by atoms with Gasteiger partial charge >= 0.3 is 0 Å². The number of halogens is 1. The average molecular weight is 289 g/mol. The zero-order chi connectivity index (χ0) is 14.9. The van der Waals surface area contributed by atoms with E-state index in [1.54, 1.807) is 12.1 Å². The summed E-state index contributed by atoms with van der Waals surface area (Å²) in [7, 11) is 0. The highest BCUT2D eigenvalue weighted by molar-refractivity contribution is 5.93. The molecule has 4 aromatic rings. The van der Waals surface area contributed by atoms with Gasteiger partial charge in [-0.25, -0.2) is 9.37 Å². The Morgan fingerprint density at radius 1 is 0.682 bits per heavy atom. The van der Waals surface area contributed by atoms with Gasteiger partial charge < -0.3 is 4.74 Å². The molecule has 0 unspecified atom stereocenters. The van der Waals surface area contributed by atoms with Gasteiger partial charge in [0.1, 0.15) is 17.3 Å². The second-order valence-corrected chi connectivity index (χ2v) is 5.09. The molecule has 0 saturated heterocycles. The Balaban J connectivity index is 1.76. The maximum atomic E-state index is 12.9. The van der Waals surface area contributed by atoms with Gasteiger partial charge in [0.2, 0.25) is 0 Å². The molecule has 0 spiro atoms. The maximum absolute atomic E-state index is 12.9. The van der Waals surface area contributed by atoms with Crippen LogP contribution in [0.3, 0.4) is 0 Å². The van der Waals surface area contributed by atoms with Crippen molar-refractivity contribution in [3.63, 3.8) is 0 Å². The minimum absolute atomic E-state index is 0.279. The van der Waals surface area contributed by atoms with E-state index in [0.29, 0.717) is 11.5 Å². The molecule has 0 amide bonds. The molecule has 0 aliphatic heterocycles. The molecular formula is C19H12FNO. The first-order valence-corrected chi connectivity index (χ1v) is 7.01. The third kappa shape index (κ3) is 2.37. The molecule has 1 heterocycles. The standard InChI is InChI=1S/C19H12FNO/c20-15-6-9-16(10-7-15)22-17-8-5-14-11-13-3-1-2-4-18(13)21-19(14)12-17/h1-12H. The molecule has 1 aromatic heterocycles. The highest BCUT2D eigenvalue weighted by atomic mass is 19.1. The van der Waals surface area contributed by atoms with Gasteiger partial charge in [-0.1, -0.05) is 18.2 Å². The van der Waals surface area contributed by atoms with Crippen LogP contribution in [-0.4, -0.2) is 4.98 Å². The summed E-state index contributed by atoms with van der Waals surface area (Å²) in [5.74, 6) is 1.00. The number of pyridine rings is 1. The SMILES string of the molecule is Fc1ccc(Oc2ccc3cc4ccccc4nc3c2)cc1. The van der Waals surface area contributed by atoms with Crippen LogP contribution in [0.25, 0.3) is 21.8 Å². The van der Waals surface area contributed by atoms with Gasteiger partial charge in [0, 0.05) is 16.8 Å². The van der Waals surface area contributed by atoms with Crippen molar-refractivity contribution < 1.29 is 9.13 Å². The van der Waals surface area contributed by atoms with Crippen LogP contribution in [0, 0.1) is 5.82 Å². The first kappa shape index (κ1) is 12.8. The van der Waals surface area contributed by atoms with Crippen LogP contribution in [0.5, 0.6) is 11.5 Å². The number of fused-ring (bicyclic) bond motifs is 2. The fraction of sp³-hybridized carbons (Fsp3) is 0. The molecule has 2 nitrogen and oxygen atoms in total. The average Bonchev–Trinajstić information content (AvgIpc) is 2.55. The van der Waals surface area contributed by atoms with Crippen molar-refractivity contribution in [1.29, 1.82) is 0 Å². The molecular weight excluding hydrogens is 277 g/mol. The number of nitrogens with zero attached hydrogens (tertiary/aromatic N) is 1. The Labute approximate surface area is 126 Å². The quantitative estimate of drug-likeness (QED) is 0.466. The molecule has 0 bridgehead atoms. The topological polar surface area (TPSA) is 22.1 Å². The highest BCUT2D eigenvalue weighted by Gasteiger charge is 2.03. The number of hydrogen-bond acceptors (Lipinski definition) is 2. The first-order valence-electron chi connectivity index (χ1n) is 7.01. The fourth-order valence-corrected chi connectivity index (χ4v) is 2.45. The maximum Gasteiger partial charge on any atom is 0.129 e. The zero-order valence-corrected chi connectivity index (χ0v) is 11.7. The van der Waals surface area contributed by atoms with E-state index < -0.39 is 0 Å². The Morgan fingerprint density at radius 3 is 2.27 bits per heavy atom. The lowest BCUT2D eigenvalue weighted by atomic mass is 10.1. The molecule has 0 saturated carbocycles. The van der Waals surface area contributed by atoms with Crippen LogP contribution < -0.4 is 4.74 Å². The predicted octanol–water partition coefficient (Wildman–Crippen LogP) is 5.32. The first-order chi connectivity index (χ1) is 10.8. The van der Waals surface area contributed by atoms with E-state index in [1.807, 2.05) is 42.5 Å². The zero-order valence-electron chi connectivity index (χ0n) is 11.7. The number of benzene rings is 3. The van der Waals surface area contributed by atoms with E-state index in [1.165, 1.54) is 12.1 Å². The summed E-state index contributed by atoms with van der Waals surface area (Å²) in [6, 6.07) is 21.8. The number of para-hydroxylation sites is 1. The van der Waals surface area contributed by atoms with Crippen molar-refractivity contribution in [1.82, 2.24) is 4.98 Å². The predicted molar refractivity (Wildman–Crippen MR) is 85.7 cm³/mol. The Morgan fingerprint density at radius 2 is 1.41 bits per heavy atom.